The van der Waals surface area contributed by atoms with E-state index in [1.54, 1.807) is 19.1 Å². The van der Waals surface area contributed by atoms with Crippen molar-refractivity contribution >= 4 is 10.0 Å². The zero-order valence-corrected chi connectivity index (χ0v) is 13.3. The Morgan fingerprint density at radius 1 is 1.48 bits per heavy atom. The van der Waals surface area contributed by atoms with E-state index < -0.39 is 10.0 Å². The normalized spacial score (nSPS) is 18.9. The fourth-order valence-corrected chi connectivity index (χ4v) is 4.21. The second kappa shape index (κ2) is 6.56. The van der Waals surface area contributed by atoms with Crippen molar-refractivity contribution in [2.45, 2.75) is 37.6 Å². The summed E-state index contributed by atoms with van der Waals surface area (Å²) in [5.41, 5.74) is 1.20. The minimum atomic E-state index is -3.50. The Kier molecular flexibility index (Phi) is 4.99. The Balaban J connectivity index is 2.26. The highest BCUT2D eigenvalue weighted by atomic mass is 32.2. The summed E-state index contributed by atoms with van der Waals surface area (Å²) in [6.07, 6.45) is 2.11. The van der Waals surface area contributed by atoms with E-state index in [1.807, 2.05) is 6.92 Å². The van der Waals surface area contributed by atoms with Gasteiger partial charge in [0.15, 0.2) is 0 Å². The van der Waals surface area contributed by atoms with Crippen molar-refractivity contribution in [3.05, 3.63) is 29.3 Å². The Morgan fingerprint density at radius 3 is 2.76 bits per heavy atom. The first kappa shape index (κ1) is 16.0. The number of nitriles is 1. The molecule has 1 saturated heterocycles. The third kappa shape index (κ3) is 3.43. The molecule has 0 saturated carbocycles. The summed E-state index contributed by atoms with van der Waals surface area (Å²) in [4.78, 5) is 0.263. The number of hydrogen-bond acceptors (Lipinski definition) is 4. The van der Waals surface area contributed by atoms with E-state index in [9.17, 15) is 8.42 Å². The molecular formula is C15H21N3O2S. The van der Waals surface area contributed by atoms with Gasteiger partial charge in [-0.1, -0.05) is 6.92 Å². The average Bonchev–Trinajstić information content (AvgIpc) is 2.97. The van der Waals surface area contributed by atoms with Gasteiger partial charge in [-0.15, -0.1) is 0 Å². The van der Waals surface area contributed by atoms with Crippen molar-refractivity contribution < 1.29 is 8.42 Å². The maximum absolute atomic E-state index is 12.7. The number of likely N-dealkylation sites (N-methyl/N-ethyl adjacent to an activating group) is 1. The molecule has 0 amide bonds. The molecule has 5 nitrogen and oxygen atoms in total. The Bertz CT molecular complexity index is 643. The number of sulfonamides is 1. The van der Waals surface area contributed by atoms with E-state index in [2.05, 4.69) is 11.4 Å². The van der Waals surface area contributed by atoms with Crippen molar-refractivity contribution in [3.8, 4) is 6.07 Å². The summed E-state index contributed by atoms with van der Waals surface area (Å²) in [6, 6.07) is 6.97. The molecule has 0 aliphatic carbocycles. The second-order valence-electron chi connectivity index (χ2n) is 5.34. The molecule has 1 aliphatic heterocycles. The van der Waals surface area contributed by atoms with Crippen LogP contribution in [0.5, 0.6) is 0 Å². The molecule has 1 unspecified atom stereocenters. The predicted molar refractivity (Wildman–Crippen MR) is 81.4 cm³/mol. The fourth-order valence-electron chi connectivity index (χ4n) is 2.63. The van der Waals surface area contributed by atoms with Gasteiger partial charge in [0, 0.05) is 19.1 Å². The zero-order valence-electron chi connectivity index (χ0n) is 12.5. The number of benzene rings is 1. The van der Waals surface area contributed by atoms with E-state index in [-0.39, 0.29) is 10.9 Å². The molecule has 1 heterocycles. The summed E-state index contributed by atoms with van der Waals surface area (Å²) in [5.74, 6) is 0. The Hall–Kier alpha value is -1.42. The largest absolute Gasteiger partial charge is 0.313 e. The lowest BCUT2D eigenvalue weighted by Gasteiger charge is -2.24. The highest BCUT2D eigenvalue weighted by Crippen LogP contribution is 2.20. The molecule has 0 bridgehead atoms. The van der Waals surface area contributed by atoms with Crippen LogP contribution in [0.15, 0.2) is 23.1 Å². The first-order chi connectivity index (χ1) is 9.98. The van der Waals surface area contributed by atoms with Crippen molar-refractivity contribution in [1.29, 1.82) is 5.26 Å². The highest BCUT2D eigenvalue weighted by molar-refractivity contribution is 7.89. The van der Waals surface area contributed by atoms with Gasteiger partial charge in [-0.05, 0) is 50.1 Å². The zero-order chi connectivity index (χ0) is 15.5. The highest BCUT2D eigenvalue weighted by Gasteiger charge is 2.27. The molecule has 1 aromatic carbocycles. The average molecular weight is 307 g/mol. The summed E-state index contributed by atoms with van der Waals surface area (Å²) in [5, 5.41) is 12.3. The molecule has 21 heavy (non-hydrogen) atoms. The Labute approximate surface area is 126 Å². The molecule has 1 aromatic rings. The maximum atomic E-state index is 12.7. The molecule has 0 radical (unpaired) electrons. The van der Waals surface area contributed by atoms with Gasteiger partial charge in [-0.25, -0.2) is 8.42 Å². The smallest absolute Gasteiger partial charge is 0.243 e. The van der Waals surface area contributed by atoms with Gasteiger partial charge in [0.25, 0.3) is 0 Å². The van der Waals surface area contributed by atoms with Gasteiger partial charge < -0.3 is 5.32 Å². The van der Waals surface area contributed by atoms with Crippen LogP contribution in [-0.4, -0.2) is 38.4 Å². The van der Waals surface area contributed by atoms with Gasteiger partial charge in [0.1, 0.15) is 0 Å². The van der Waals surface area contributed by atoms with Crippen molar-refractivity contribution in [2.75, 3.05) is 19.6 Å². The summed E-state index contributed by atoms with van der Waals surface area (Å²) in [7, 11) is -3.50. The van der Waals surface area contributed by atoms with Crippen LogP contribution in [0.1, 0.15) is 30.9 Å². The Morgan fingerprint density at radius 2 is 2.24 bits per heavy atom. The summed E-state index contributed by atoms with van der Waals surface area (Å²) in [6.45, 7) is 5.51. The number of nitrogens with zero attached hydrogens (tertiary/aromatic N) is 2. The van der Waals surface area contributed by atoms with E-state index in [0.29, 0.717) is 24.2 Å². The summed E-state index contributed by atoms with van der Waals surface area (Å²) >= 11 is 0. The fraction of sp³-hybridized carbons (Fsp3) is 0.533. The molecule has 1 fully saturated rings. The number of aryl methyl sites for hydroxylation is 1. The minimum absolute atomic E-state index is 0.235. The first-order valence-electron chi connectivity index (χ1n) is 7.23. The standard InChI is InChI=1S/C15H21N3O2S/c1-3-18(11-14-5-4-8-17-14)21(19,20)15-7-6-13(10-16)12(2)9-15/h6-7,9,14,17H,3-5,8,11H2,1-2H3. The molecule has 0 spiro atoms. The molecular weight excluding hydrogens is 286 g/mol. The topological polar surface area (TPSA) is 73.2 Å². The monoisotopic (exact) mass is 307 g/mol. The maximum Gasteiger partial charge on any atom is 0.243 e. The molecule has 114 valence electrons. The third-order valence-corrected chi connectivity index (χ3v) is 5.83. The third-order valence-electron chi connectivity index (χ3n) is 3.90. The van der Waals surface area contributed by atoms with Crippen LogP contribution in [0, 0.1) is 18.3 Å². The molecule has 1 N–H and O–H groups in total. The molecule has 6 heteroatoms. The second-order valence-corrected chi connectivity index (χ2v) is 7.28. The lowest BCUT2D eigenvalue weighted by molar-refractivity contribution is 0.383. The van der Waals surface area contributed by atoms with Crippen LogP contribution in [0.4, 0.5) is 0 Å². The minimum Gasteiger partial charge on any atom is -0.313 e. The lowest BCUT2D eigenvalue weighted by Crippen LogP contribution is -2.40. The van der Waals surface area contributed by atoms with Crippen LogP contribution in [0.3, 0.4) is 0 Å². The number of hydrogen-bond donors (Lipinski definition) is 1. The van der Waals surface area contributed by atoms with E-state index in [1.165, 1.54) is 10.4 Å². The molecule has 0 aromatic heterocycles. The number of nitrogens with one attached hydrogen (secondary N) is 1. The quantitative estimate of drug-likeness (QED) is 0.897. The van der Waals surface area contributed by atoms with Gasteiger partial charge in [0.05, 0.1) is 16.5 Å². The van der Waals surface area contributed by atoms with Crippen molar-refractivity contribution in [2.24, 2.45) is 0 Å². The van der Waals surface area contributed by atoms with Crippen LogP contribution in [0.2, 0.25) is 0 Å². The van der Waals surface area contributed by atoms with Crippen LogP contribution < -0.4 is 5.32 Å². The van der Waals surface area contributed by atoms with Crippen LogP contribution in [-0.2, 0) is 10.0 Å². The van der Waals surface area contributed by atoms with Crippen LogP contribution >= 0.6 is 0 Å². The van der Waals surface area contributed by atoms with E-state index in [4.69, 9.17) is 5.26 Å². The van der Waals surface area contributed by atoms with Crippen molar-refractivity contribution in [3.63, 3.8) is 0 Å². The SMILES string of the molecule is CCN(CC1CCCN1)S(=O)(=O)c1ccc(C#N)c(C)c1. The van der Waals surface area contributed by atoms with E-state index in [0.717, 1.165) is 19.4 Å². The van der Waals surface area contributed by atoms with Gasteiger partial charge in [-0.3, -0.25) is 0 Å². The van der Waals surface area contributed by atoms with Crippen LogP contribution in [0.25, 0.3) is 0 Å². The van der Waals surface area contributed by atoms with Gasteiger partial charge in [0.2, 0.25) is 10.0 Å². The number of rotatable bonds is 5. The first-order valence-corrected chi connectivity index (χ1v) is 8.67. The summed E-state index contributed by atoms with van der Waals surface area (Å²) < 4.78 is 26.9. The van der Waals surface area contributed by atoms with Crippen molar-refractivity contribution in [1.82, 2.24) is 9.62 Å². The van der Waals surface area contributed by atoms with Gasteiger partial charge in [-0.2, -0.15) is 9.57 Å². The molecule has 1 atom stereocenters. The molecule has 1 aliphatic rings. The molecule has 2 rings (SSSR count). The van der Waals surface area contributed by atoms with Gasteiger partial charge >= 0.3 is 0 Å². The van der Waals surface area contributed by atoms with E-state index >= 15 is 0 Å². The predicted octanol–water partition coefficient (Wildman–Crippen LogP) is 1.63. The lowest BCUT2D eigenvalue weighted by atomic mass is 10.1.